The molecule has 10 heteroatoms. The Labute approximate surface area is 225 Å². The summed E-state index contributed by atoms with van der Waals surface area (Å²) in [4.78, 5) is 24.5. The first-order chi connectivity index (χ1) is 18.5. The van der Waals surface area contributed by atoms with Crippen LogP contribution in [0.1, 0.15) is 69.5 Å². The molecule has 1 amide bonds. The number of nitrogens with one attached hydrogen (secondary N) is 2. The lowest BCUT2D eigenvalue weighted by Gasteiger charge is -2.40. The summed E-state index contributed by atoms with van der Waals surface area (Å²) in [5.74, 6) is 1.09. The van der Waals surface area contributed by atoms with Crippen LogP contribution in [-0.4, -0.2) is 67.0 Å². The van der Waals surface area contributed by atoms with Crippen LogP contribution in [0.15, 0.2) is 42.4 Å². The van der Waals surface area contributed by atoms with Crippen molar-refractivity contribution in [3.8, 4) is 0 Å². The van der Waals surface area contributed by atoms with Gasteiger partial charge in [-0.05, 0) is 37.2 Å². The minimum atomic E-state index is -1.09. The van der Waals surface area contributed by atoms with Crippen molar-refractivity contribution in [2.45, 2.75) is 69.9 Å². The van der Waals surface area contributed by atoms with Crippen molar-refractivity contribution in [2.24, 2.45) is 11.8 Å². The molecule has 2 aliphatic rings. The van der Waals surface area contributed by atoms with Crippen LogP contribution in [-0.2, 0) is 9.47 Å². The molecular formula is C28H44N4O6. The molecule has 3 atom stereocenters. The van der Waals surface area contributed by atoms with Gasteiger partial charge < -0.3 is 30.1 Å². The average molecular weight is 533 g/mol. The topological polar surface area (TPSA) is 126 Å². The summed E-state index contributed by atoms with van der Waals surface area (Å²) >= 11 is 0. The Morgan fingerprint density at radius 1 is 1.18 bits per heavy atom. The van der Waals surface area contributed by atoms with Crippen molar-refractivity contribution >= 4 is 6.09 Å². The first-order valence-electron chi connectivity index (χ1n) is 13.9. The van der Waals surface area contributed by atoms with Gasteiger partial charge in [0, 0.05) is 51.9 Å². The third-order valence-electron chi connectivity index (χ3n) is 7.57. The number of rotatable bonds is 15. The number of hydrogen-bond donors (Lipinski definition) is 3. The van der Waals surface area contributed by atoms with Crippen molar-refractivity contribution in [2.75, 3.05) is 40.0 Å². The van der Waals surface area contributed by atoms with Crippen LogP contribution in [0, 0.1) is 22.0 Å². The van der Waals surface area contributed by atoms with Crippen molar-refractivity contribution in [1.29, 1.82) is 0 Å². The van der Waals surface area contributed by atoms with Crippen LogP contribution in [0.2, 0.25) is 0 Å². The zero-order chi connectivity index (χ0) is 27.2. The predicted octanol–water partition coefficient (Wildman–Crippen LogP) is 4.76. The van der Waals surface area contributed by atoms with E-state index in [-0.39, 0.29) is 24.6 Å². The van der Waals surface area contributed by atoms with Crippen molar-refractivity contribution in [3.05, 3.63) is 58.0 Å². The molecule has 1 saturated carbocycles. The van der Waals surface area contributed by atoms with Crippen LogP contribution < -0.4 is 10.6 Å². The van der Waals surface area contributed by atoms with Gasteiger partial charge in [0.05, 0.1) is 11.0 Å². The van der Waals surface area contributed by atoms with E-state index in [1.807, 2.05) is 23.1 Å². The number of ether oxygens (including phenoxy) is 2. The highest BCUT2D eigenvalue weighted by molar-refractivity contribution is 5.64. The number of benzene rings is 1. The van der Waals surface area contributed by atoms with Crippen LogP contribution in [0.4, 0.5) is 4.79 Å². The number of nitrogens with zero attached hydrogens (tertiary/aromatic N) is 2. The molecule has 0 spiro atoms. The fourth-order valence-corrected chi connectivity index (χ4v) is 5.78. The number of likely N-dealkylation sites (tertiary alicyclic amines) is 1. The van der Waals surface area contributed by atoms with Crippen LogP contribution in [0.3, 0.4) is 0 Å². The minimum absolute atomic E-state index is 0.126. The summed E-state index contributed by atoms with van der Waals surface area (Å²) in [6.45, 7) is 2.71. The summed E-state index contributed by atoms with van der Waals surface area (Å²) in [5, 5.41) is 26.7. The van der Waals surface area contributed by atoms with Gasteiger partial charge in [-0.3, -0.25) is 10.1 Å². The molecular weight excluding hydrogens is 488 g/mol. The van der Waals surface area contributed by atoms with Gasteiger partial charge in [-0.15, -0.1) is 0 Å². The molecule has 1 heterocycles. The van der Waals surface area contributed by atoms with Crippen LogP contribution in [0.25, 0.3) is 0 Å². The van der Waals surface area contributed by atoms with Crippen molar-refractivity contribution < 1.29 is 24.3 Å². The summed E-state index contributed by atoms with van der Waals surface area (Å²) in [5.41, 5.74) is 1.10. The summed E-state index contributed by atoms with van der Waals surface area (Å²) < 4.78 is 11.5. The van der Waals surface area contributed by atoms with Gasteiger partial charge >= 0.3 is 6.09 Å². The molecule has 212 valence electrons. The van der Waals surface area contributed by atoms with E-state index in [4.69, 9.17) is 9.47 Å². The van der Waals surface area contributed by atoms with Gasteiger partial charge in [-0.1, -0.05) is 62.4 Å². The Hall–Kier alpha value is -2.85. The first kappa shape index (κ1) is 29.7. The SMILES string of the molecule is COCCCOC(c1ccccc1)C1CCCN(C(=C[N+](=O)[O-])N[C@@H](CNC(=O)O)CC2CCCCC2)C1. The summed E-state index contributed by atoms with van der Waals surface area (Å²) in [6.07, 6.45) is 9.06. The standard InChI is InChI=1S/C28H44N4O6/c1-37-16-9-17-38-27(23-12-6-3-7-13-23)24-14-8-15-31(20-24)26(21-32(35)36)30-25(19-29-28(33)34)18-22-10-4-2-5-11-22/h3,6-7,12-13,21-22,24-25,27,29-30H,2,4-5,8-11,14-20H2,1H3,(H,33,34)/t24?,25-,27?/m1/s1. The second kappa shape index (κ2) is 16.2. The van der Waals surface area contributed by atoms with E-state index in [0.29, 0.717) is 38.0 Å². The van der Waals surface area contributed by atoms with Gasteiger partial charge in [0.2, 0.25) is 0 Å². The molecule has 0 radical (unpaired) electrons. The molecule has 3 rings (SSSR count). The smallest absolute Gasteiger partial charge is 0.404 e. The number of hydrogen-bond acceptors (Lipinski definition) is 7. The molecule has 2 fully saturated rings. The first-order valence-corrected chi connectivity index (χ1v) is 13.9. The van der Waals surface area contributed by atoms with Crippen LogP contribution >= 0.6 is 0 Å². The third kappa shape index (κ3) is 10.1. The molecule has 38 heavy (non-hydrogen) atoms. The van der Waals surface area contributed by atoms with Gasteiger partial charge in [0.25, 0.3) is 6.20 Å². The highest BCUT2D eigenvalue weighted by Crippen LogP contribution is 2.34. The van der Waals surface area contributed by atoms with Gasteiger partial charge in [-0.2, -0.15) is 0 Å². The Morgan fingerprint density at radius 2 is 1.95 bits per heavy atom. The van der Waals surface area contributed by atoms with Crippen molar-refractivity contribution in [3.63, 3.8) is 0 Å². The largest absolute Gasteiger partial charge is 0.465 e. The number of nitro groups is 1. The van der Waals surface area contributed by atoms with Gasteiger partial charge in [0.1, 0.15) is 0 Å². The number of carboxylic acid groups (broad SMARTS) is 1. The lowest BCUT2D eigenvalue weighted by atomic mass is 9.84. The summed E-state index contributed by atoms with van der Waals surface area (Å²) in [7, 11) is 1.68. The highest BCUT2D eigenvalue weighted by Gasteiger charge is 2.32. The molecule has 1 aromatic rings. The van der Waals surface area contributed by atoms with E-state index in [0.717, 1.165) is 50.3 Å². The van der Waals surface area contributed by atoms with Gasteiger partial charge in [0.15, 0.2) is 5.82 Å². The lowest BCUT2D eigenvalue weighted by molar-refractivity contribution is -0.404. The Kier molecular flexibility index (Phi) is 12.7. The number of amides is 1. The predicted molar refractivity (Wildman–Crippen MR) is 145 cm³/mol. The molecule has 0 aromatic heterocycles. The third-order valence-corrected chi connectivity index (χ3v) is 7.57. The zero-order valence-electron chi connectivity index (χ0n) is 22.6. The highest BCUT2D eigenvalue weighted by atomic mass is 16.6. The average Bonchev–Trinajstić information content (AvgIpc) is 2.92. The van der Waals surface area contributed by atoms with E-state index in [2.05, 4.69) is 22.8 Å². The van der Waals surface area contributed by atoms with E-state index in [1.165, 1.54) is 19.3 Å². The number of carbonyl (C=O) groups is 1. The molecule has 1 aromatic carbocycles. The maximum Gasteiger partial charge on any atom is 0.404 e. The van der Waals surface area contributed by atoms with Crippen LogP contribution in [0.5, 0.6) is 0 Å². The number of piperidine rings is 1. The van der Waals surface area contributed by atoms with E-state index in [1.54, 1.807) is 7.11 Å². The second-order valence-electron chi connectivity index (χ2n) is 10.5. The maximum absolute atomic E-state index is 11.6. The fourth-order valence-electron chi connectivity index (χ4n) is 5.78. The second-order valence-corrected chi connectivity index (χ2v) is 10.5. The molecule has 1 saturated heterocycles. The Morgan fingerprint density at radius 3 is 2.63 bits per heavy atom. The monoisotopic (exact) mass is 532 g/mol. The van der Waals surface area contributed by atoms with E-state index < -0.39 is 11.0 Å². The molecule has 1 aliphatic heterocycles. The molecule has 2 unspecified atom stereocenters. The molecule has 10 nitrogen and oxygen atoms in total. The molecule has 0 bridgehead atoms. The van der Waals surface area contributed by atoms with Gasteiger partial charge in [-0.25, -0.2) is 4.79 Å². The maximum atomic E-state index is 11.6. The van der Waals surface area contributed by atoms with E-state index >= 15 is 0 Å². The fraction of sp³-hybridized carbons (Fsp3) is 0.679. The molecule has 3 N–H and O–H groups in total. The quantitative estimate of drug-likeness (QED) is 0.168. The minimum Gasteiger partial charge on any atom is -0.465 e. The number of methoxy groups -OCH3 is 1. The van der Waals surface area contributed by atoms with Crippen molar-refractivity contribution in [1.82, 2.24) is 15.5 Å². The zero-order valence-corrected chi connectivity index (χ0v) is 22.6. The summed E-state index contributed by atoms with van der Waals surface area (Å²) in [6, 6.07) is 9.92. The molecule has 1 aliphatic carbocycles. The Balaban J connectivity index is 1.75. The van der Waals surface area contributed by atoms with E-state index in [9.17, 15) is 20.0 Å². The normalized spacial score (nSPS) is 20.5. The Bertz CT molecular complexity index is 877. The lowest BCUT2D eigenvalue weighted by Crippen LogP contribution is -2.48.